The monoisotopic (exact) mass is 569 g/mol. The summed E-state index contributed by atoms with van der Waals surface area (Å²) in [5.41, 5.74) is 3.78. The molecule has 2 saturated heterocycles. The molecule has 4 heterocycles. The Labute approximate surface area is 241 Å². The van der Waals surface area contributed by atoms with E-state index in [2.05, 4.69) is 16.9 Å². The van der Waals surface area contributed by atoms with Crippen molar-refractivity contribution >= 4 is 29.3 Å². The molecule has 1 N–H and O–H groups in total. The summed E-state index contributed by atoms with van der Waals surface area (Å²) in [6.45, 7) is 5.89. The van der Waals surface area contributed by atoms with Crippen molar-refractivity contribution in [2.75, 3.05) is 18.0 Å². The smallest absolute Gasteiger partial charge is 0.255 e. The van der Waals surface area contributed by atoms with E-state index >= 15 is 0 Å². The topological polar surface area (TPSA) is 98.6 Å². The Morgan fingerprint density at radius 3 is 2.83 bits per heavy atom. The van der Waals surface area contributed by atoms with Crippen molar-refractivity contribution < 1.29 is 18.7 Å². The van der Waals surface area contributed by atoms with Gasteiger partial charge in [-0.2, -0.15) is 5.26 Å². The van der Waals surface area contributed by atoms with Crippen LogP contribution in [0.4, 0.5) is 10.1 Å². The first-order chi connectivity index (χ1) is 19.9. The lowest BCUT2D eigenvalue weighted by molar-refractivity contribution is -0.126. The Bertz CT molecular complexity index is 1570. The molecule has 3 aliphatic rings. The second-order valence-corrected chi connectivity index (χ2v) is 11.7. The van der Waals surface area contributed by atoms with Crippen LogP contribution in [-0.4, -0.2) is 46.1 Å². The molecule has 2 atom stereocenters. The van der Waals surface area contributed by atoms with Gasteiger partial charge in [0.05, 0.1) is 28.9 Å². The number of piperidine rings is 1. The fourth-order valence-electron chi connectivity index (χ4n) is 5.55. The van der Waals surface area contributed by atoms with Crippen LogP contribution in [0.1, 0.15) is 46.3 Å². The molecular formula is C31H28FN5O3S. The summed E-state index contributed by atoms with van der Waals surface area (Å²) in [6.07, 6.45) is 3.90. The van der Waals surface area contributed by atoms with Crippen LogP contribution < -0.4 is 15.0 Å². The number of pyridine rings is 1. The maximum absolute atomic E-state index is 14.4. The minimum Gasteiger partial charge on any atom is -0.488 e. The van der Waals surface area contributed by atoms with Crippen molar-refractivity contribution in [1.29, 1.82) is 5.26 Å². The fourth-order valence-corrected chi connectivity index (χ4v) is 6.63. The van der Waals surface area contributed by atoms with Crippen LogP contribution >= 0.6 is 11.8 Å². The van der Waals surface area contributed by atoms with Gasteiger partial charge in [-0.05, 0) is 55.7 Å². The minimum atomic E-state index is -0.516. The van der Waals surface area contributed by atoms with E-state index in [4.69, 9.17) is 10.00 Å². The number of amides is 2. The van der Waals surface area contributed by atoms with Gasteiger partial charge in [0.15, 0.2) is 0 Å². The predicted octanol–water partition coefficient (Wildman–Crippen LogP) is 4.79. The zero-order valence-corrected chi connectivity index (χ0v) is 23.1. The highest BCUT2D eigenvalue weighted by molar-refractivity contribution is 7.99. The van der Waals surface area contributed by atoms with E-state index in [1.807, 2.05) is 29.2 Å². The molecule has 10 heteroatoms. The van der Waals surface area contributed by atoms with Gasteiger partial charge in [-0.25, -0.2) is 9.37 Å². The van der Waals surface area contributed by atoms with Crippen LogP contribution in [-0.2, 0) is 17.9 Å². The molecule has 0 radical (unpaired) electrons. The third-order valence-corrected chi connectivity index (χ3v) is 8.89. The van der Waals surface area contributed by atoms with Gasteiger partial charge in [0.25, 0.3) is 5.91 Å². The average molecular weight is 570 g/mol. The highest BCUT2D eigenvalue weighted by atomic mass is 32.2. The van der Waals surface area contributed by atoms with Gasteiger partial charge < -0.3 is 19.9 Å². The number of fused-ring (bicyclic) bond motifs is 1. The SMILES string of the molecule is C=C1CC[C@H](N2Cc3c(OCc4ccc(SC5CCN(c6ccc(C#N)cc6F)C5)nc4)cccc3C2=O)C(=O)N1. The predicted molar refractivity (Wildman–Crippen MR) is 153 cm³/mol. The third kappa shape index (κ3) is 5.50. The molecular weight excluding hydrogens is 541 g/mol. The zero-order valence-electron chi connectivity index (χ0n) is 22.3. The van der Waals surface area contributed by atoms with Crippen LogP contribution in [0.15, 0.2) is 72.0 Å². The van der Waals surface area contributed by atoms with Gasteiger partial charge in [0, 0.05) is 46.9 Å². The van der Waals surface area contributed by atoms with Crippen molar-refractivity contribution in [3.63, 3.8) is 0 Å². The van der Waals surface area contributed by atoms with Gasteiger partial charge in [-0.3, -0.25) is 9.59 Å². The van der Waals surface area contributed by atoms with E-state index in [9.17, 15) is 14.0 Å². The molecule has 208 valence electrons. The number of nitrogens with one attached hydrogen (secondary N) is 1. The van der Waals surface area contributed by atoms with Gasteiger partial charge in [0.1, 0.15) is 24.2 Å². The molecule has 1 aromatic heterocycles. The minimum absolute atomic E-state index is 0.159. The number of hydrogen-bond acceptors (Lipinski definition) is 7. The number of allylic oxidation sites excluding steroid dienone is 1. The maximum atomic E-state index is 14.4. The standard InChI is InChI=1S/C31H28FN5O3S/c1-19-5-8-27(30(38)35-19)37-17-24-23(31(37)39)3-2-4-28(24)40-18-21-7-10-29(34-15-21)41-22-11-12-36(16-22)26-9-6-20(14-33)13-25(26)32/h2-4,6-7,9-10,13,15,22,27H,1,5,8,11-12,16-18H2,(H,35,38)/t22?,27-/m0/s1. The Hall–Kier alpha value is -4.36. The highest BCUT2D eigenvalue weighted by Crippen LogP contribution is 2.35. The number of nitrogens with zero attached hydrogens (tertiary/aromatic N) is 4. The lowest BCUT2D eigenvalue weighted by Crippen LogP contribution is -2.49. The molecule has 8 nitrogen and oxygen atoms in total. The van der Waals surface area contributed by atoms with E-state index in [0.29, 0.717) is 60.8 Å². The molecule has 1 unspecified atom stereocenters. The summed E-state index contributed by atoms with van der Waals surface area (Å²) >= 11 is 1.67. The van der Waals surface area contributed by atoms with Crippen LogP contribution in [0.25, 0.3) is 0 Å². The lowest BCUT2D eigenvalue weighted by Gasteiger charge is -2.31. The van der Waals surface area contributed by atoms with Crippen LogP contribution in [0.3, 0.4) is 0 Å². The molecule has 2 aromatic carbocycles. The Kier molecular flexibility index (Phi) is 7.37. The Morgan fingerprint density at radius 1 is 1.20 bits per heavy atom. The molecule has 0 saturated carbocycles. The van der Waals surface area contributed by atoms with Crippen molar-refractivity contribution in [3.8, 4) is 11.8 Å². The average Bonchev–Trinajstić information content (AvgIpc) is 3.57. The third-order valence-electron chi connectivity index (χ3n) is 7.69. The molecule has 3 aromatic rings. The number of thioether (sulfide) groups is 1. The van der Waals surface area contributed by atoms with Gasteiger partial charge >= 0.3 is 0 Å². The van der Waals surface area contributed by atoms with E-state index in [0.717, 1.165) is 29.1 Å². The van der Waals surface area contributed by atoms with Crippen molar-refractivity contribution in [2.45, 2.75) is 48.7 Å². The highest BCUT2D eigenvalue weighted by Gasteiger charge is 2.39. The van der Waals surface area contributed by atoms with Gasteiger partial charge in [0.2, 0.25) is 5.91 Å². The molecule has 6 rings (SSSR count). The summed E-state index contributed by atoms with van der Waals surface area (Å²) in [6, 6.07) is 15.4. The van der Waals surface area contributed by atoms with Crippen LogP contribution in [0, 0.1) is 17.1 Å². The summed E-state index contributed by atoms with van der Waals surface area (Å²) in [7, 11) is 0. The lowest BCUT2D eigenvalue weighted by atomic mass is 10.0. The molecule has 3 aliphatic heterocycles. The summed E-state index contributed by atoms with van der Waals surface area (Å²) in [4.78, 5) is 33.8. The van der Waals surface area contributed by atoms with E-state index in [1.54, 1.807) is 47.1 Å². The number of aromatic nitrogens is 1. The number of anilines is 1. The Balaban J connectivity index is 1.05. The van der Waals surface area contributed by atoms with Gasteiger partial charge in [-0.15, -0.1) is 11.8 Å². The van der Waals surface area contributed by atoms with Crippen molar-refractivity contribution in [3.05, 3.63) is 95.1 Å². The summed E-state index contributed by atoms with van der Waals surface area (Å²) < 4.78 is 20.6. The fraction of sp³-hybridized carbons (Fsp3) is 0.290. The van der Waals surface area contributed by atoms with Crippen molar-refractivity contribution in [1.82, 2.24) is 15.2 Å². The maximum Gasteiger partial charge on any atom is 0.255 e. The molecule has 0 aliphatic carbocycles. The quantitative estimate of drug-likeness (QED) is 0.437. The van der Waals surface area contributed by atoms with E-state index in [1.165, 1.54) is 6.07 Å². The number of hydrogen-bond donors (Lipinski definition) is 1. The molecule has 41 heavy (non-hydrogen) atoms. The number of ether oxygens (including phenoxy) is 1. The first kappa shape index (κ1) is 26.8. The first-order valence-electron chi connectivity index (χ1n) is 13.5. The number of nitriles is 1. The number of carbonyl (C=O) groups excluding carboxylic acids is 2. The summed E-state index contributed by atoms with van der Waals surface area (Å²) in [5.74, 6) is -0.100. The second-order valence-electron chi connectivity index (χ2n) is 10.4. The van der Waals surface area contributed by atoms with E-state index < -0.39 is 6.04 Å². The Morgan fingerprint density at radius 2 is 2.07 bits per heavy atom. The molecule has 2 fully saturated rings. The van der Waals surface area contributed by atoms with E-state index in [-0.39, 0.29) is 22.9 Å². The zero-order chi connectivity index (χ0) is 28.5. The van der Waals surface area contributed by atoms with Crippen LogP contribution in [0.2, 0.25) is 0 Å². The summed E-state index contributed by atoms with van der Waals surface area (Å²) in [5, 5.41) is 12.9. The largest absolute Gasteiger partial charge is 0.488 e. The second kappa shape index (κ2) is 11.3. The number of carbonyl (C=O) groups is 2. The first-order valence-corrected chi connectivity index (χ1v) is 14.4. The number of halogens is 1. The van der Waals surface area contributed by atoms with Crippen molar-refractivity contribution in [2.24, 2.45) is 0 Å². The molecule has 2 amide bonds. The number of benzene rings is 2. The molecule has 0 spiro atoms. The molecule has 0 bridgehead atoms. The number of rotatable bonds is 7. The normalized spacial score (nSPS) is 20.1. The van der Waals surface area contributed by atoms with Gasteiger partial charge in [-0.1, -0.05) is 18.7 Å². The van der Waals surface area contributed by atoms with Crippen LogP contribution in [0.5, 0.6) is 5.75 Å².